The molecule has 0 aliphatic rings. The number of anilines is 1. The van der Waals surface area contributed by atoms with Crippen molar-refractivity contribution < 1.29 is 26.8 Å². The van der Waals surface area contributed by atoms with Gasteiger partial charge in [0.2, 0.25) is 21.8 Å². The van der Waals surface area contributed by atoms with Gasteiger partial charge in [-0.05, 0) is 43.7 Å². The second kappa shape index (κ2) is 10.9. The molecule has 0 aliphatic heterocycles. The van der Waals surface area contributed by atoms with Crippen LogP contribution in [-0.2, 0) is 26.2 Å². The zero-order valence-corrected chi connectivity index (χ0v) is 20.2. The molecule has 2 amide bonds. The van der Waals surface area contributed by atoms with Gasteiger partial charge in [-0.25, -0.2) is 17.2 Å². The van der Waals surface area contributed by atoms with Crippen molar-refractivity contribution in [2.45, 2.75) is 26.4 Å². The number of rotatable bonds is 9. The summed E-state index contributed by atoms with van der Waals surface area (Å²) in [6.45, 7) is 2.96. The highest BCUT2D eigenvalue weighted by atomic mass is 79.9. The van der Waals surface area contributed by atoms with E-state index in [1.807, 2.05) is 0 Å². The summed E-state index contributed by atoms with van der Waals surface area (Å²) in [5.41, 5.74) is 0.510. The van der Waals surface area contributed by atoms with E-state index in [1.54, 1.807) is 31.2 Å². The smallest absolute Gasteiger partial charge is 0.244 e. The van der Waals surface area contributed by atoms with Crippen molar-refractivity contribution in [2.24, 2.45) is 0 Å². The van der Waals surface area contributed by atoms with Gasteiger partial charge >= 0.3 is 0 Å². The molecule has 0 saturated heterocycles. The molecule has 0 aromatic heterocycles. The molecular weight excluding hydrogens is 508 g/mol. The Morgan fingerprint density at radius 3 is 2.38 bits per heavy atom. The molecule has 0 saturated carbocycles. The first-order chi connectivity index (χ1) is 14.9. The lowest BCUT2D eigenvalue weighted by molar-refractivity contribution is -0.139. The summed E-state index contributed by atoms with van der Waals surface area (Å²) in [6.07, 6.45) is 0.855. The van der Waals surface area contributed by atoms with Gasteiger partial charge in [0.15, 0.2) is 11.6 Å². The molecule has 11 heteroatoms. The number of nitrogens with one attached hydrogen (secondary N) is 1. The van der Waals surface area contributed by atoms with Crippen LogP contribution in [-0.4, -0.2) is 50.5 Å². The third-order valence-electron chi connectivity index (χ3n) is 4.63. The Balaban J connectivity index is 2.40. The Kier molecular flexibility index (Phi) is 8.73. The van der Waals surface area contributed by atoms with E-state index in [-0.39, 0.29) is 12.2 Å². The summed E-state index contributed by atoms with van der Waals surface area (Å²) in [5.74, 6) is -3.48. The maximum Gasteiger partial charge on any atom is 0.244 e. The zero-order valence-electron chi connectivity index (χ0n) is 17.8. The number of carbonyl (C=O) groups is 2. The third kappa shape index (κ3) is 6.73. The van der Waals surface area contributed by atoms with Gasteiger partial charge in [-0.15, -0.1) is 0 Å². The number of nitrogens with zero attached hydrogens (tertiary/aromatic N) is 2. The largest absolute Gasteiger partial charge is 0.355 e. The van der Waals surface area contributed by atoms with E-state index in [9.17, 15) is 26.8 Å². The van der Waals surface area contributed by atoms with Crippen LogP contribution in [0.5, 0.6) is 0 Å². The molecule has 2 aromatic carbocycles. The van der Waals surface area contributed by atoms with Gasteiger partial charge in [0.1, 0.15) is 12.6 Å². The first kappa shape index (κ1) is 25.7. The Labute approximate surface area is 194 Å². The number of sulfonamides is 1. The average molecular weight is 532 g/mol. The SMILES string of the molecule is CCNC(=O)C(C)N(Cc1cccc(Br)c1)C(=O)CN(c1ccc(F)c(F)c1)S(C)(=O)=O. The van der Waals surface area contributed by atoms with Gasteiger partial charge < -0.3 is 10.2 Å². The number of benzene rings is 2. The number of halogens is 3. The van der Waals surface area contributed by atoms with Crippen molar-refractivity contribution in [3.8, 4) is 0 Å². The van der Waals surface area contributed by atoms with Gasteiger partial charge in [0, 0.05) is 23.6 Å². The lowest BCUT2D eigenvalue weighted by atomic mass is 10.1. The fraction of sp³-hybridized carbons (Fsp3) is 0.333. The monoisotopic (exact) mass is 531 g/mol. The lowest BCUT2D eigenvalue weighted by Crippen LogP contribution is -2.51. The molecule has 0 bridgehead atoms. The molecule has 0 spiro atoms. The van der Waals surface area contributed by atoms with Crippen molar-refractivity contribution in [1.29, 1.82) is 0 Å². The van der Waals surface area contributed by atoms with Crippen LogP contribution in [0.25, 0.3) is 0 Å². The second-order valence-electron chi connectivity index (χ2n) is 7.09. The lowest BCUT2D eigenvalue weighted by Gasteiger charge is -2.31. The minimum absolute atomic E-state index is 0.0337. The second-order valence-corrected chi connectivity index (χ2v) is 9.91. The van der Waals surface area contributed by atoms with Crippen molar-refractivity contribution in [2.75, 3.05) is 23.7 Å². The van der Waals surface area contributed by atoms with Crippen molar-refractivity contribution in [1.82, 2.24) is 10.2 Å². The molecule has 2 aromatic rings. The minimum Gasteiger partial charge on any atom is -0.355 e. The topological polar surface area (TPSA) is 86.8 Å². The molecule has 2 rings (SSSR count). The number of hydrogen-bond acceptors (Lipinski definition) is 4. The van der Waals surface area contributed by atoms with Crippen LogP contribution in [0.4, 0.5) is 14.5 Å². The van der Waals surface area contributed by atoms with E-state index < -0.39 is 46.1 Å². The Hall–Kier alpha value is -2.53. The molecule has 32 heavy (non-hydrogen) atoms. The van der Waals surface area contributed by atoms with E-state index in [2.05, 4.69) is 21.2 Å². The first-order valence-corrected chi connectivity index (χ1v) is 12.3. The molecule has 7 nitrogen and oxygen atoms in total. The van der Waals surface area contributed by atoms with Crippen molar-refractivity contribution in [3.63, 3.8) is 0 Å². The van der Waals surface area contributed by atoms with Gasteiger partial charge in [0.05, 0.1) is 11.9 Å². The number of hydrogen-bond donors (Lipinski definition) is 1. The fourth-order valence-corrected chi connectivity index (χ4v) is 4.28. The molecule has 1 atom stereocenters. The van der Waals surface area contributed by atoms with E-state index in [1.165, 1.54) is 11.8 Å². The Morgan fingerprint density at radius 2 is 1.81 bits per heavy atom. The molecule has 1 unspecified atom stereocenters. The van der Waals surface area contributed by atoms with Crippen LogP contribution in [0.3, 0.4) is 0 Å². The fourth-order valence-electron chi connectivity index (χ4n) is 2.99. The van der Waals surface area contributed by atoms with E-state index >= 15 is 0 Å². The summed E-state index contributed by atoms with van der Waals surface area (Å²) >= 11 is 3.35. The quantitative estimate of drug-likeness (QED) is 0.538. The molecule has 1 N–H and O–H groups in total. The molecule has 0 heterocycles. The number of amides is 2. The highest BCUT2D eigenvalue weighted by Gasteiger charge is 2.30. The van der Waals surface area contributed by atoms with Crippen LogP contribution in [0.2, 0.25) is 0 Å². The third-order valence-corrected chi connectivity index (χ3v) is 6.26. The van der Waals surface area contributed by atoms with Gasteiger partial charge in [-0.2, -0.15) is 0 Å². The molecule has 174 valence electrons. The standard InChI is InChI=1S/C21H24BrF2N3O4S/c1-4-25-21(29)14(2)26(12-15-6-5-7-16(22)10-15)20(28)13-27(32(3,30)31)17-8-9-18(23)19(24)11-17/h5-11,14H,4,12-13H2,1-3H3,(H,25,29). The summed E-state index contributed by atoms with van der Waals surface area (Å²) in [7, 11) is -4.02. The highest BCUT2D eigenvalue weighted by molar-refractivity contribution is 9.10. The van der Waals surface area contributed by atoms with Crippen LogP contribution in [0.15, 0.2) is 46.9 Å². The molecule has 0 fully saturated rings. The van der Waals surface area contributed by atoms with E-state index in [0.29, 0.717) is 22.5 Å². The van der Waals surface area contributed by atoms with Crippen molar-refractivity contribution >= 4 is 43.5 Å². The number of likely N-dealkylation sites (N-methyl/N-ethyl adjacent to an activating group) is 1. The minimum atomic E-state index is -4.02. The Morgan fingerprint density at radius 1 is 1.12 bits per heavy atom. The zero-order chi connectivity index (χ0) is 24.1. The van der Waals surface area contributed by atoms with Gasteiger partial charge in [0.25, 0.3) is 0 Å². The summed E-state index contributed by atoms with van der Waals surface area (Å²) in [6, 6.07) is 8.75. The maximum absolute atomic E-state index is 13.7. The maximum atomic E-state index is 13.7. The molecule has 0 aliphatic carbocycles. The van der Waals surface area contributed by atoms with Gasteiger partial charge in [-0.1, -0.05) is 28.1 Å². The summed E-state index contributed by atoms with van der Waals surface area (Å²) < 4.78 is 53.2. The van der Waals surface area contributed by atoms with Gasteiger partial charge in [-0.3, -0.25) is 13.9 Å². The highest BCUT2D eigenvalue weighted by Crippen LogP contribution is 2.22. The Bertz CT molecular complexity index is 1100. The summed E-state index contributed by atoms with van der Waals surface area (Å²) in [5, 5.41) is 2.64. The van der Waals surface area contributed by atoms with Crippen LogP contribution in [0.1, 0.15) is 19.4 Å². The average Bonchev–Trinajstić information content (AvgIpc) is 2.71. The van der Waals surface area contributed by atoms with E-state index in [0.717, 1.165) is 22.9 Å². The predicted octanol–water partition coefficient (Wildman–Crippen LogP) is 3.05. The summed E-state index contributed by atoms with van der Waals surface area (Å²) in [4.78, 5) is 26.9. The predicted molar refractivity (Wildman–Crippen MR) is 121 cm³/mol. The normalized spacial score (nSPS) is 12.2. The van der Waals surface area contributed by atoms with E-state index in [4.69, 9.17) is 0 Å². The van der Waals surface area contributed by atoms with Crippen LogP contribution < -0.4 is 9.62 Å². The molecular formula is C21H24BrF2N3O4S. The van der Waals surface area contributed by atoms with Crippen molar-refractivity contribution in [3.05, 3.63) is 64.1 Å². The molecule has 0 radical (unpaired) electrons. The van der Waals surface area contributed by atoms with Crippen LogP contribution >= 0.6 is 15.9 Å². The van der Waals surface area contributed by atoms with Crippen LogP contribution in [0, 0.1) is 11.6 Å². The number of carbonyl (C=O) groups excluding carboxylic acids is 2. The first-order valence-electron chi connectivity index (χ1n) is 9.68.